The van der Waals surface area contributed by atoms with Gasteiger partial charge in [0, 0.05) is 10.6 Å². The third-order valence-electron chi connectivity index (χ3n) is 2.05. The standard InChI is InChI=1S/C10H10ClF3O/c1-3-7-8(10(12,13)14)4-6(11)5-9(7)15-2/h4-5H,3H2,1-2H3. The van der Waals surface area contributed by atoms with Crippen LogP contribution >= 0.6 is 11.6 Å². The van der Waals surface area contributed by atoms with Gasteiger partial charge in [-0.15, -0.1) is 0 Å². The minimum Gasteiger partial charge on any atom is -0.496 e. The van der Waals surface area contributed by atoms with Crippen LogP contribution in [0.2, 0.25) is 5.02 Å². The molecular formula is C10H10ClF3O. The number of halogens is 4. The highest BCUT2D eigenvalue weighted by molar-refractivity contribution is 6.30. The average Bonchev–Trinajstić information content (AvgIpc) is 2.15. The Kier molecular flexibility index (Phi) is 3.50. The van der Waals surface area contributed by atoms with E-state index in [1.807, 2.05) is 0 Å². The number of benzene rings is 1. The van der Waals surface area contributed by atoms with Crippen molar-refractivity contribution in [2.24, 2.45) is 0 Å². The van der Waals surface area contributed by atoms with Crippen LogP contribution in [0.15, 0.2) is 12.1 Å². The lowest BCUT2D eigenvalue weighted by Gasteiger charge is -2.15. The molecule has 0 saturated heterocycles. The van der Waals surface area contributed by atoms with Gasteiger partial charge in [0.15, 0.2) is 0 Å². The maximum Gasteiger partial charge on any atom is 0.416 e. The van der Waals surface area contributed by atoms with Gasteiger partial charge in [0.25, 0.3) is 0 Å². The Balaban J connectivity index is 3.42. The van der Waals surface area contributed by atoms with E-state index in [0.29, 0.717) is 0 Å². The molecule has 0 amide bonds. The molecule has 0 unspecified atom stereocenters. The lowest BCUT2D eigenvalue weighted by atomic mass is 10.0. The number of rotatable bonds is 2. The first kappa shape index (κ1) is 12.2. The van der Waals surface area contributed by atoms with Crippen LogP contribution in [0.25, 0.3) is 0 Å². The SMILES string of the molecule is CCc1c(OC)cc(Cl)cc1C(F)(F)F. The predicted molar refractivity (Wildman–Crippen MR) is 52.4 cm³/mol. The molecule has 0 aliphatic heterocycles. The highest BCUT2D eigenvalue weighted by Gasteiger charge is 2.34. The van der Waals surface area contributed by atoms with Crippen molar-refractivity contribution in [3.05, 3.63) is 28.3 Å². The summed E-state index contributed by atoms with van der Waals surface area (Å²) in [5, 5.41) is 0.0244. The molecular weight excluding hydrogens is 229 g/mol. The number of hydrogen-bond donors (Lipinski definition) is 0. The number of methoxy groups -OCH3 is 1. The Labute approximate surface area is 90.8 Å². The number of alkyl halides is 3. The van der Waals surface area contributed by atoms with Gasteiger partial charge in [-0.3, -0.25) is 0 Å². The van der Waals surface area contributed by atoms with Crippen molar-refractivity contribution in [1.82, 2.24) is 0 Å². The summed E-state index contributed by atoms with van der Waals surface area (Å²) in [5.74, 6) is 0.178. The van der Waals surface area contributed by atoms with Crippen LogP contribution in [0.3, 0.4) is 0 Å². The fraction of sp³-hybridized carbons (Fsp3) is 0.400. The first-order valence-electron chi connectivity index (χ1n) is 4.33. The highest BCUT2D eigenvalue weighted by atomic mass is 35.5. The van der Waals surface area contributed by atoms with Crippen molar-refractivity contribution in [3.63, 3.8) is 0 Å². The van der Waals surface area contributed by atoms with Crippen LogP contribution in [0.1, 0.15) is 18.1 Å². The van der Waals surface area contributed by atoms with Crippen LogP contribution in [0.4, 0.5) is 13.2 Å². The van der Waals surface area contributed by atoms with E-state index in [1.54, 1.807) is 6.92 Å². The summed E-state index contributed by atoms with van der Waals surface area (Å²) in [7, 11) is 1.32. The molecule has 1 aromatic rings. The van der Waals surface area contributed by atoms with E-state index >= 15 is 0 Å². The van der Waals surface area contributed by atoms with Gasteiger partial charge in [0.05, 0.1) is 12.7 Å². The quantitative estimate of drug-likeness (QED) is 0.759. The molecule has 0 saturated carbocycles. The Morgan fingerprint density at radius 3 is 2.33 bits per heavy atom. The minimum atomic E-state index is -4.40. The Hall–Kier alpha value is -0.900. The summed E-state index contributed by atoms with van der Waals surface area (Å²) in [6.07, 6.45) is -4.15. The van der Waals surface area contributed by atoms with Gasteiger partial charge in [-0.1, -0.05) is 18.5 Å². The predicted octanol–water partition coefficient (Wildman–Crippen LogP) is 3.93. The van der Waals surface area contributed by atoms with Crippen molar-refractivity contribution in [1.29, 1.82) is 0 Å². The summed E-state index contributed by atoms with van der Waals surface area (Å²) in [6.45, 7) is 1.64. The van der Waals surface area contributed by atoms with Crippen molar-refractivity contribution < 1.29 is 17.9 Å². The first-order valence-corrected chi connectivity index (χ1v) is 4.71. The molecule has 0 aliphatic carbocycles. The average molecular weight is 239 g/mol. The molecule has 0 atom stereocenters. The number of hydrogen-bond acceptors (Lipinski definition) is 1. The second-order valence-corrected chi connectivity index (χ2v) is 3.42. The van der Waals surface area contributed by atoms with E-state index < -0.39 is 11.7 Å². The van der Waals surface area contributed by atoms with Crippen LogP contribution in [0.5, 0.6) is 5.75 Å². The van der Waals surface area contributed by atoms with Gasteiger partial charge in [0.2, 0.25) is 0 Å². The van der Waals surface area contributed by atoms with Gasteiger partial charge >= 0.3 is 6.18 Å². The van der Waals surface area contributed by atoms with Gasteiger partial charge in [-0.2, -0.15) is 13.2 Å². The van der Waals surface area contributed by atoms with Crippen LogP contribution in [-0.4, -0.2) is 7.11 Å². The monoisotopic (exact) mass is 238 g/mol. The molecule has 15 heavy (non-hydrogen) atoms. The molecule has 84 valence electrons. The Morgan fingerprint density at radius 2 is 1.93 bits per heavy atom. The zero-order chi connectivity index (χ0) is 11.6. The maximum absolute atomic E-state index is 12.6. The summed E-state index contributed by atoms with van der Waals surface area (Å²) in [4.78, 5) is 0. The maximum atomic E-state index is 12.6. The molecule has 5 heteroatoms. The fourth-order valence-electron chi connectivity index (χ4n) is 1.41. The second kappa shape index (κ2) is 4.31. The van der Waals surface area contributed by atoms with E-state index in [2.05, 4.69) is 0 Å². The third kappa shape index (κ3) is 2.56. The number of ether oxygens (including phenoxy) is 1. The van der Waals surface area contributed by atoms with Crippen molar-refractivity contribution >= 4 is 11.6 Å². The molecule has 0 aromatic heterocycles. The first-order chi connectivity index (χ1) is 6.90. The molecule has 1 rings (SSSR count). The Morgan fingerprint density at radius 1 is 1.33 bits per heavy atom. The molecule has 0 heterocycles. The largest absolute Gasteiger partial charge is 0.496 e. The van der Waals surface area contributed by atoms with Gasteiger partial charge < -0.3 is 4.74 Å². The van der Waals surface area contributed by atoms with Crippen LogP contribution < -0.4 is 4.74 Å². The lowest BCUT2D eigenvalue weighted by molar-refractivity contribution is -0.138. The molecule has 0 radical (unpaired) electrons. The van der Waals surface area contributed by atoms with Crippen molar-refractivity contribution in [2.75, 3.05) is 7.11 Å². The minimum absolute atomic E-state index is 0.0244. The zero-order valence-electron chi connectivity index (χ0n) is 8.28. The highest BCUT2D eigenvalue weighted by Crippen LogP contribution is 2.38. The zero-order valence-corrected chi connectivity index (χ0v) is 9.04. The Bertz CT molecular complexity index is 360. The van der Waals surface area contributed by atoms with Crippen LogP contribution in [0, 0.1) is 0 Å². The molecule has 0 N–H and O–H groups in total. The third-order valence-corrected chi connectivity index (χ3v) is 2.27. The summed E-state index contributed by atoms with van der Waals surface area (Å²) < 4.78 is 42.7. The molecule has 1 aromatic carbocycles. The summed E-state index contributed by atoms with van der Waals surface area (Å²) >= 11 is 5.58. The topological polar surface area (TPSA) is 9.23 Å². The van der Waals surface area contributed by atoms with Gasteiger partial charge in [-0.25, -0.2) is 0 Å². The van der Waals surface area contributed by atoms with Gasteiger partial charge in [0.1, 0.15) is 5.75 Å². The fourth-order valence-corrected chi connectivity index (χ4v) is 1.62. The summed E-state index contributed by atoms with van der Waals surface area (Å²) in [6, 6.07) is 2.30. The van der Waals surface area contributed by atoms with Crippen molar-refractivity contribution in [3.8, 4) is 5.75 Å². The lowest BCUT2D eigenvalue weighted by Crippen LogP contribution is -2.10. The normalized spacial score (nSPS) is 11.6. The second-order valence-electron chi connectivity index (χ2n) is 2.99. The smallest absolute Gasteiger partial charge is 0.416 e. The van der Waals surface area contributed by atoms with Crippen molar-refractivity contribution in [2.45, 2.75) is 19.5 Å². The summed E-state index contributed by atoms with van der Waals surface area (Å²) in [5.41, 5.74) is -0.594. The van der Waals surface area contributed by atoms with E-state index in [1.165, 1.54) is 13.2 Å². The van der Waals surface area contributed by atoms with E-state index in [0.717, 1.165) is 6.07 Å². The molecule has 0 spiro atoms. The molecule has 0 bridgehead atoms. The van der Waals surface area contributed by atoms with Gasteiger partial charge in [-0.05, 0) is 18.6 Å². The molecule has 1 nitrogen and oxygen atoms in total. The van der Waals surface area contributed by atoms with E-state index in [-0.39, 0.29) is 22.8 Å². The van der Waals surface area contributed by atoms with E-state index in [4.69, 9.17) is 16.3 Å². The molecule has 0 fully saturated rings. The molecule has 0 aliphatic rings. The van der Waals surface area contributed by atoms with Crippen LogP contribution in [-0.2, 0) is 12.6 Å². The van der Waals surface area contributed by atoms with E-state index in [9.17, 15) is 13.2 Å².